The molecule has 7 rings (SSSR count). The first-order chi connectivity index (χ1) is 23.9. The molecule has 50 heavy (non-hydrogen) atoms. The van der Waals surface area contributed by atoms with Crippen LogP contribution < -0.4 is 0 Å². The minimum absolute atomic E-state index is 0.0424. The number of ether oxygens (including phenoxy) is 1. The number of hydrogen-bond donors (Lipinski definition) is 1. The molecule has 0 unspecified atom stereocenters. The van der Waals surface area contributed by atoms with E-state index >= 15 is 0 Å². The molecule has 0 amide bonds. The molecule has 5 atom stereocenters. The molecule has 1 aliphatic heterocycles. The highest BCUT2D eigenvalue weighted by molar-refractivity contribution is 7.89. The van der Waals surface area contributed by atoms with Gasteiger partial charge in [-0.1, -0.05) is 49.3 Å². The third-order valence-electron chi connectivity index (χ3n) is 12.7. The number of esters is 1. The summed E-state index contributed by atoms with van der Waals surface area (Å²) in [6.07, 6.45) is 16.2. The Kier molecular flexibility index (Phi) is 9.14. The lowest BCUT2D eigenvalue weighted by molar-refractivity contribution is -0.163. The van der Waals surface area contributed by atoms with Gasteiger partial charge in [0.15, 0.2) is 12.4 Å². The van der Waals surface area contributed by atoms with Crippen molar-refractivity contribution in [3.8, 4) is 0 Å². The Balaban J connectivity index is 0.926. The van der Waals surface area contributed by atoms with Gasteiger partial charge in [-0.25, -0.2) is 8.42 Å². The van der Waals surface area contributed by atoms with Gasteiger partial charge in [0.2, 0.25) is 15.8 Å². The van der Waals surface area contributed by atoms with E-state index in [9.17, 15) is 27.9 Å². The molecule has 11 heteroatoms. The molecular weight excluding hydrogens is 655 g/mol. The summed E-state index contributed by atoms with van der Waals surface area (Å²) in [5, 5.41) is 13.3. The van der Waals surface area contributed by atoms with Crippen molar-refractivity contribution >= 4 is 38.3 Å². The Morgan fingerprint density at radius 3 is 2.76 bits per heavy atom. The zero-order chi connectivity index (χ0) is 35.3. The number of nitrogens with zero attached hydrogens (tertiary/aromatic N) is 3. The number of Topliss-reactive ketones (excluding diaryl/α,β-unsaturated/α-hetero) is 1. The van der Waals surface area contributed by atoms with Crippen LogP contribution in [0.2, 0.25) is 0 Å². The van der Waals surface area contributed by atoms with E-state index in [0.717, 1.165) is 31.1 Å². The molecule has 3 fully saturated rings. The number of ketones is 2. The molecule has 5 aliphatic rings. The van der Waals surface area contributed by atoms with E-state index < -0.39 is 39.4 Å². The lowest BCUT2D eigenvalue weighted by Crippen LogP contribution is -2.55. The van der Waals surface area contributed by atoms with Gasteiger partial charge < -0.3 is 14.7 Å². The molecule has 1 aromatic carbocycles. The average molecular weight is 702 g/mol. The van der Waals surface area contributed by atoms with Crippen LogP contribution in [-0.2, 0) is 29.1 Å². The van der Waals surface area contributed by atoms with E-state index in [1.807, 2.05) is 24.0 Å². The lowest BCUT2D eigenvalue weighted by atomic mass is 9.50. The van der Waals surface area contributed by atoms with E-state index in [1.54, 1.807) is 42.9 Å². The summed E-state index contributed by atoms with van der Waals surface area (Å²) < 4.78 is 34.1. The third kappa shape index (κ3) is 5.84. The van der Waals surface area contributed by atoms with Crippen LogP contribution in [0.4, 0.5) is 0 Å². The van der Waals surface area contributed by atoms with Gasteiger partial charge in [-0.05, 0) is 81.2 Å². The molecule has 2 aromatic rings. The van der Waals surface area contributed by atoms with Crippen molar-refractivity contribution in [2.75, 3.05) is 32.8 Å². The highest BCUT2D eigenvalue weighted by Gasteiger charge is 2.64. The fourth-order valence-electron chi connectivity index (χ4n) is 9.71. The Morgan fingerprint density at radius 1 is 1.08 bits per heavy atom. The Bertz CT molecular complexity index is 1920. The molecule has 0 bridgehead atoms. The van der Waals surface area contributed by atoms with Crippen molar-refractivity contribution < 1.29 is 32.6 Å². The molecule has 10 nitrogen and oxygen atoms in total. The Morgan fingerprint density at radius 2 is 1.92 bits per heavy atom. The molecule has 4 aliphatic carbocycles. The quantitative estimate of drug-likeness (QED) is 0.294. The third-order valence-corrected chi connectivity index (χ3v) is 14.6. The summed E-state index contributed by atoms with van der Waals surface area (Å²) in [4.78, 5) is 44.8. The Labute approximate surface area is 294 Å². The summed E-state index contributed by atoms with van der Waals surface area (Å²) in [5.74, 6) is -0.380. The van der Waals surface area contributed by atoms with E-state index in [-0.39, 0.29) is 34.4 Å². The number of rotatable bonds is 8. The number of hydrogen-bond acceptors (Lipinski definition) is 9. The van der Waals surface area contributed by atoms with Crippen LogP contribution in [0.1, 0.15) is 71.6 Å². The van der Waals surface area contributed by atoms with Gasteiger partial charge in [0.05, 0.1) is 11.3 Å². The van der Waals surface area contributed by atoms with Crippen LogP contribution in [0.15, 0.2) is 77.1 Å². The van der Waals surface area contributed by atoms with Gasteiger partial charge >= 0.3 is 5.97 Å². The predicted molar refractivity (Wildman–Crippen MR) is 188 cm³/mol. The number of carbonyl (C=O) groups excluding carboxylic acids is 3. The van der Waals surface area contributed by atoms with Crippen LogP contribution in [0.3, 0.4) is 0 Å². The summed E-state index contributed by atoms with van der Waals surface area (Å²) in [5.41, 5.74) is 0.265. The van der Waals surface area contributed by atoms with Crippen LogP contribution in [0.5, 0.6) is 0 Å². The predicted octanol–water partition coefficient (Wildman–Crippen LogP) is 5.13. The minimum atomic E-state index is -3.71. The lowest BCUT2D eigenvalue weighted by Gasteiger charge is -2.54. The number of pyridine rings is 1. The fraction of sp³-hybridized carbons (Fsp3) is 0.538. The molecule has 1 saturated heterocycles. The number of benzene rings is 1. The topological polar surface area (TPSA) is 134 Å². The van der Waals surface area contributed by atoms with Gasteiger partial charge in [-0.3, -0.25) is 19.4 Å². The van der Waals surface area contributed by atoms with E-state index in [0.29, 0.717) is 57.2 Å². The smallest absolute Gasteiger partial charge is 0.310 e. The number of aliphatic hydroxyl groups is 1. The van der Waals surface area contributed by atoms with Crippen LogP contribution in [0.25, 0.3) is 10.8 Å². The van der Waals surface area contributed by atoms with E-state index in [4.69, 9.17) is 4.74 Å². The van der Waals surface area contributed by atoms with E-state index in [2.05, 4.69) is 18.0 Å². The number of fused-ring (bicyclic) bond motifs is 6. The van der Waals surface area contributed by atoms with Crippen molar-refractivity contribution in [1.29, 1.82) is 0 Å². The van der Waals surface area contributed by atoms with Crippen molar-refractivity contribution in [1.82, 2.24) is 14.2 Å². The minimum Gasteiger partial charge on any atom is -0.457 e. The maximum absolute atomic E-state index is 13.6. The largest absolute Gasteiger partial charge is 0.457 e. The van der Waals surface area contributed by atoms with Crippen LogP contribution in [0, 0.1) is 22.7 Å². The van der Waals surface area contributed by atoms with Crippen molar-refractivity contribution in [3.05, 3.63) is 72.2 Å². The van der Waals surface area contributed by atoms with Crippen molar-refractivity contribution in [2.45, 2.75) is 82.1 Å². The first-order valence-electron chi connectivity index (χ1n) is 18.0. The SMILES string of the molecule is C[C@]12CCC(=O)C=C1CC[C@@H]1C2=CC[C@@]2(C)[C@H]1CC[C@]2(O)C(=O)COC(=O)C/C=C/N1CCCN(S(=O)(=O)c2cccc3cnccc23)CC1. The van der Waals surface area contributed by atoms with E-state index in [1.165, 1.54) is 15.5 Å². The normalized spacial score (nSPS) is 31.7. The van der Waals surface area contributed by atoms with Crippen molar-refractivity contribution in [3.63, 3.8) is 0 Å². The maximum Gasteiger partial charge on any atom is 0.310 e. The highest BCUT2D eigenvalue weighted by atomic mass is 32.2. The first-order valence-corrected chi connectivity index (χ1v) is 19.4. The van der Waals surface area contributed by atoms with Gasteiger partial charge in [0.25, 0.3) is 0 Å². The Hall–Kier alpha value is -3.67. The monoisotopic (exact) mass is 701 g/mol. The molecule has 0 spiro atoms. The fourth-order valence-corrected chi connectivity index (χ4v) is 11.4. The first kappa shape index (κ1) is 34.8. The summed E-state index contributed by atoms with van der Waals surface area (Å²) in [7, 11) is -3.71. The number of carbonyl (C=O) groups is 3. The van der Waals surface area contributed by atoms with Gasteiger partial charge in [0.1, 0.15) is 5.60 Å². The summed E-state index contributed by atoms with van der Waals surface area (Å²) in [6.45, 7) is 5.59. The van der Waals surface area contributed by atoms with Gasteiger partial charge in [-0.2, -0.15) is 4.31 Å². The second-order valence-corrected chi connectivity index (χ2v) is 17.1. The molecule has 266 valence electrons. The maximum atomic E-state index is 13.6. The molecule has 0 radical (unpaired) electrons. The molecule has 2 heterocycles. The average Bonchev–Trinajstić information content (AvgIpc) is 3.22. The molecular formula is C39H47N3O7S. The summed E-state index contributed by atoms with van der Waals surface area (Å²) >= 11 is 0. The van der Waals surface area contributed by atoms with Crippen LogP contribution >= 0.6 is 0 Å². The van der Waals surface area contributed by atoms with Crippen LogP contribution in [-0.4, -0.2) is 83.6 Å². The zero-order valence-corrected chi connectivity index (χ0v) is 29.8. The van der Waals surface area contributed by atoms with Crippen molar-refractivity contribution in [2.24, 2.45) is 22.7 Å². The molecule has 2 saturated carbocycles. The summed E-state index contributed by atoms with van der Waals surface area (Å²) in [6, 6.07) is 6.93. The standard InChI is InChI=1S/C39H47N3O7S/c1-37-15-11-29(43)24-28(37)9-10-31-32(37)12-16-38(2)33(31)13-17-39(38,46)35(44)26-49-36(45)8-4-19-41-20-5-21-42(23-22-41)50(47,48)34-7-3-6-27-25-40-18-14-30(27)34/h3-4,6-7,12,14,18-19,24-25,31,33,46H,5,8-11,13,15-17,20-23,26H2,1-2H3/b19-4+/t31-,33+,37+,38+,39+/m1/s1. The van der Waals surface area contributed by atoms with Gasteiger partial charge in [-0.15, -0.1) is 0 Å². The number of aromatic nitrogens is 1. The van der Waals surface area contributed by atoms with Gasteiger partial charge in [0, 0.05) is 66.6 Å². The zero-order valence-electron chi connectivity index (χ0n) is 29.0. The number of sulfonamides is 1. The number of allylic oxidation sites excluding steroid dienone is 4. The second kappa shape index (κ2) is 13.1. The molecule has 1 N–H and O–H groups in total. The highest BCUT2D eigenvalue weighted by Crippen LogP contribution is 2.65. The second-order valence-electron chi connectivity index (χ2n) is 15.2. The molecule has 1 aromatic heterocycles.